The average molecular weight is 356 g/mol. The molecule has 2 aromatic rings. The van der Waals surface area contributed by atoms with Crippen LogP contribution in [0.2, 0.25) is 0 Å². The summed E-state index contributed by atoms with van der Waals surface area (Å²) in [6, 6.07) is 12.8. The van der Waals surface area contributed by atoms with Crippen molar-refractivity contribution in [2.24, 2.45) is 0 Å². The molecule has 0 bridgehead atoms. The fraction of sp³-hybridized carbons (Fsp3) is 0.263. The van der Waals surface area contributed by atoms with Gasteiger partial charge in [-0.1, -0.05) is 42.0 Å². The first-order valence-corrected chi connectivity index (χ1v) is 8.13. The van der Waals surface area contributed by atoms with Crippen LogP contribution in [0.3, 0.4) is 0 Å². The first kappa shape index (κ1) is 19.1. The van der Waals surface area contributed by atoms with E-state index in [2.05, 4.69) is 5.32 Å². The molecule has 2 aromatic carbocycles. The Balaban J connectivity index is 2.02. The van der Waals surface area contributed by atoms with E-state index >= 15 is 0 Å². The number of carboxylic acids is 1. The molecule has 2 N–H and O–H groups in total. The molecule has 0 saturated heterocycles. The van der Waals surface area contributed by atoms with Gasteiger partial charge >= 0.3 is 5.97 Å². The van der Waals surface area contributed by atoms with Crippen molar-refractivity contribution in [2.45, 2.75) is 32.2 Å². The number of nitrogens with zero attached hydrogens (tertiary/aromatic N) is 1. The van der Waals surface area contributed by atoms with Crippen LogP contribution in [0.4, 0.5) is 5.69 Å². The van der Waals surface area contributed by atoms with Crippen molar-refractivity contribution in [3.63, 3.8) is 0 Å². The zero-order valence-corrected chi connectivity index (χ0v) is 14.3. The summed E-state index contributed by atoms with van der Waals surface area (Å²) < 4.78 is 0. The minimum Gasteiger partial charge on any atom is -0.481 e. The number of nitro benzene ring substituents is 1. The number of nitro groups is 1. The molecule has 1 unspecified atom stereocenters. The van der Waals surface area contributed by atoms with Gasteiger partial charge in [-0.25, -0.2) is 0 Å². The molecule has 0 aromatic heterocycles. The molecule has 2 rings (SSSR count). The van der Waals surface area contributed by atoms with Crippen LogP contribution in [0.25, 0.3) is 0 Å². The molecule has 0 heterocycles. The van der Waals surface area contributed by atoms with Crippen LogP contribution in [0.1, 0.15) is 23.1 Å². The molecule has 0 aliphatic heterocycles. The Morgan fingerprint density at radius 1 is 1.15 bits per heavy atom. The standard InChI is InChI=1S/C19H20N2O5/c1-13-3-2-4-15(9-13)11-18(22)20-16(12-19(23)24)10-14-5-7-17(8-6-14)21(25)26/h2-9,16H,10-12H2,1H3,(H,20,22)(H,23,24). The zero-order valence-electron chi connectivity index (χ0n) is 14.3. The maximum absolute atomic E-state index is 12.3. The van der Waals surface area contributed by atoms with Crippen molar-refractivity contribution in [1.29, 1.82) is 0 Å². The highest BCUT2D eigenvalue weighted by atomic mass is 16.6. The van der Waals surface area contributed by atoms with Crippen LogP contribution in [-0.4, -0.2) is 27.9 Å². The molecule has 26 heavy (non-hydrogen) atoms. The van der Waals surface area contributed by atoms with Gasteiger partial charge in [0, 0.05) is 18.2 Å². The minimum atomic E-state index is -1.02. The third-order valence-corrected chi connectivity index (χ3v) is 3.86. The summed E-state index contributed by atoms with van der Waals surface area (Å²) >= 11 is 0. The molecule has 7 nitrogen and oxygen atoms in total. The summed E-state index contributed by atoms with van der Waals surface area (Å²) in [7, 11) is 0. The third kappa shape index (κ3) is 6.01. The number of benzene rings is 2. The number of carboxylic acid groups (broad SMARTS) is 1. The van der Waals surface area contributed by atoms with Gasteiger partial charge in [-0.05, 0) is 24.5 Å². The summed E-state index contributed by atoms with van der Waals surface area (Å²) in [6.45, 7) is 1.93. The average Bonchev–Trinajstić information content (AvgIpc) is 2.54. The number of rotatable bonds is 8. The molecule has 136 valence electrons. The molecule has 0 aliphatic carbocycles. The summed E-state index contributed by atoms with van der Waals surface area (Å²) in [6.07, 6.45) is 0.221. The molecule has 0 fully saturated rings. The number of hydrogen-bond acceptors (Lipinski definition) is 4. The van der Waals surface area contributed by atoms with Gasteiger partial charge in [-0.2, -0.15) is 0 Å². The largest absolute Gasteiger partial charge is 0.481 e. The van der Waals surface area contributed by atoms with Gasteiger partial charge in [0.1, 0.15) is 0 Å². The molecule has 0 saturated carbocycles. The van der Waals surface area contributed by atoms with Gasteiger partial charge in [0.15, 0.2) is 0 Å². The Labute approximate surface area is 150 Å². The first-order valence-electron chi connectivity index (χ1n) is 8.13. The van der Waals surface area contributed by atoms with Crippen molar-refractivity contribution in [2.75, 3.05) is 0 Å². The maximum atomic E-state index is 12.3. The van der Waals surface area contributed by atoms with Gasteiger partial charge in [0.2, 0.25) is 5.91 Å². The molecule has 0 spiro atoms. The fourth-order valence-corrected chi connectivity index (χ4v) is 2.71. The lowest BCUT2D eigenvalue weighted by Crippen LogP contribution is -2.39. The van der Waals surface area contributed by atoms with E-state index in [1.54, 1.807) is 12.1 Å². The fourth-order valence-electron chi connectivity index (χ4n) is 2.71. The van der Waals surface area contributed by atoms with E-state index in [4.69, 9.17) is 5.11 Å². The number of nitrogens with one attached hydrogen (secondary N) is 1. The van der Waals surface area contributed by atoms with Crippen molar-refractivity contribution in [1.82, 2.24) is 5.32 Å². The van der Waals surface area contributed by atoms with Gasteiger partial charge in [0.25, 0.3) is 5.69 Å². The van der Waals surface area contributed by atoms with Crippen molar-refractivity contribution in [3.8, 4) is 0 Å². The zero-order chi connectivity index (χ0) is 19.1. The van der Waals surface area contributed by atoms with Gasteiger partial charge < -0.3 is 10.4 Å². The van der Waals surface area contributed by atoms with Crippen molar-refractivity contribution < 1.29 is 19.6 Å². The quantitative estimate of drug-likeness (QED) is 0.558. The topological polar surface area (TPSA) is 110 Å². The van der Waals surface area contributed by atoms with Crippen LogP contribution >= 0.6 is 0 Å². The predicted molar refractivity (Wildman–Crippen MR) is 95.9 cm³/mol. The SMILES string of the molecule is Cc1cccc(CC(=O)NC(CC(=O)O)Cc2ccc([N+](=O)[O-])cc2)c1. The first-order chi connectivity index (χ1) is 12.3. The number of hydrogen-bond donors (Lipinski definition) is 2. The number of aliphatic carboxylic acids is 1. The van der Waals surface area contributed by atoms with Gasteiger partial charge in [-0.15, -0.1) is 0 Å². The van der Waals surface area contributed by atoms with E-state index in [1.807, 2.05) is 31.2 Å². The Kier molecular flexibility index (Phi) is 6.43. The number of amides is 1. The lowest BCUT2D eigenvalue weighted by Gasteiger charge is -2.17. The maximum Gasteiger partial charge on any atom is 0.305 e. The number of non-ortho nitro benzene ring substituents is 1. The van der Waals surface area contributed by atoms with Crippen molar-refractivity contribution in [3.05, 3.63) is 75.3 Å². The summed E-state index contributed by atoms with van der Waals surface area (Å²) in [4.78, 5) is 33.5. The van der Waals surface area contributed by atoms with E-state index in [0.717, 1.165) is 16.7 Å². The highest BCUT2D eigenvalue weighted by Gasteiger charge is 2.17. The molecule has 7 heteroatoms. The Morgan fingerprint density at radius 3 is 2.42 bits per heavy atom. The second kappa shape index (κ2) is 8.75. The number of aryl methyl sites for hydroxylation is 1. The van der Waals surface area contributed by atoms with Crippen molar-refractivity contribution >= 4 is 17.6 Å². The third-order valence-electron chi connectivity index (χ3n) is 3.86. The van der Waals surface area contributed by atoms with Gasteiger partial charge in [0.05, 0.1) is 17.8 Å². The van der Waals surface area contributed by atoms with Crippen LogP contribution in [0.5, 0.6) is 0 Å². The smallest absolute Gasteiger partial charge is 0.305 e. The molecular formula is C19H20N2O5. The summed E-state index contributed by atoms with van der Waals surface area (Å²) in [5.74, 6) is -1.28. The second-order valence-corrected chi connectivity index (χ2v) is 6.16. The monoisotopic (exact) mass is 356 g/mol. The number of carbonyl (C=O) groups is 2. The number of carbonyl (C=O) groups excluding carboxylic acids is 1. The Morgan fingerprint density at radius 2 is 1.85 bits per heavy atom. The Bertz CT molecular complexity index is 802. The van der Waals surface area contributed by atoms with E-state index in [-0.39, 0.29) is 30.9 Å². The molecular weight excluding hydrogens is 336 g/mol. The Hall–Kier alpha value is -3.22. The van der Waals surface area contributed by atoms with Crippen LogP contribution < -0.4 is 5.32 Å². The van der Waals surface area contributed by atoms with Crippen LogP contribution in [-0.2, 0) is 22.4 Å². The van der Waals surface area contributed by atoms with E-state index in [1.165, 1.54) is 12.1 Å². The normalized spacial score (nSPS) is 11.6. The van der Waals surface area contributed by atoms with Crippen LogP contribution in [0.15, 0.2) is 48.5 Å². The minimum absolute atomic E-state index is 0.0352. The molecule has 0 aliphatic rings. The second-order valence-electron chi connectivity index (χ2n) is 6.16. The summed E-state index contributed by atoms with van der Waals surface area (Å²) in [5, 5.41) is 22.5. The van der Waals surface area contributed by atoms with Gasteiger partial charge in [-0.3, -0.25) is 19.7 Å². The highest BCUT2D eigenvalue weighted by molar-refractivity contribution is 5.79. The van der Waals surface area contributed by atoms with E-state index in [9.17, 15) is 19.7 Å². The lowest BCUT2D eigenvalue weighted by atomic mass is 10.0. The van der Waals surface area contributed by atoms with E-state index in [0.29, 0.717) is 0 Å². The lowest BCUT2D eigenvalue weighted by molar-refractivity contribution is -0.384. The molecule has 1 atom stereocenters. The van der Waals surface area contributed by atoms with Crippen LogP contribution in [0, 0.1) is 17.0 Å². The predicted octanol–water partition coefficient (Wildman–Crippen LogP) is 2.65. The molecule has 0 radical (unpaired) electrons. The molecule has 1 amide bonds. The summed E-state index contributed by atoms with van der Waals surface area (Å²) in [5.41, 5.74) is 2.58. The van der Waals surface area contributed by atoms with E-state index < -0.39 is 16.9 Å². The highest BCUT2D eigenvalue weighted by Crippen LogP contribution is 2.14.